The monoisotopic (exact) mass is 452 g/mol. The molecule has 0 saturated heterocycles. The summed E-state index contributed by atoms with van der Waals surface area (Å²) in [6.45, 7) is 0. The predicted octanol–water partition coefficient (Wildman–Crippen LogP) is 2.65. The third kappa shape index (κ3) is 6.12. The molecule has 2 aromatic carbocycles. The van der Waals surface area contributed by atoms with Gasteiger partial charge in [-0.25, -0.2) is 4.98 Å². The van der Waals surface area contributed by atoms with E-state index < -0.39 is 23.8 Å². The number of hydrogen-bond donors (Lipinski definition) is 6. The Balaban J connectivity index is 1.71. The summed E-state index contributed by atoms with van der Waals surface area (Å²) in [4.78, 5) is 40.7. The number of thiazole rings is 1. The summed E-state index contributed by atoms with van der Waals surface area (Å²) in [5.41, 5.74) is 6.56. The van der Waals surface area contributed by atoms with Crippen LogP contribution in [0.25, 0.3) is 0 Å². The molecule has 0 spiro atoms. The minimum absolute atomic E-state index is 0.261. The summed E-state index contributed by atoms with van der Waals surface area (Å²) in [6, 6.07) is 14.4. The number of nitrogens with two attached hydrogens (primary N) is 1. The lowest BCUT2D eigenvalue weighted by atomic mass is 10.0. The minimum atomic E-state index is -1.04. The highest BCUT2D eigenvalue weighted by atomic mass is 32.1. The second-order valence-electron chi connectivity index (χ2n) is 6.64. The summed E-state index contributed by atoms with van der Waals surface area (Å²) in [7, 11) is 0. The van der Waals surface area contributed by atoms with Crippen molar-refractivity contribution in [2.45, 2.75) is 12.5 Å². The van der Waals surface area contributed by atoms with E-state index in [-0.39, 0.29) is 22.8 Å². The van der Waals surface area contributed by atoms with E-state index >= 15 is 0 Å². The molecule has 1 heterocycles. The van der Waals surface area contributed by atoms with Crippen molar-refractivity contribution in [2.75, 3.05) is 10.6 Å². The Morgan fingerprint density at radius 3 is 2.50 bits per heavy atom. The maximum atomic E-state index is 12.8. The molecule has 32 heavy (non-hydrogen) atoms. The Morgan fingerprint density at radius 2 is 1.81 bits per heavy atom. The van der Waals surface area contributed by atoms with Gasteiger partial charge in [-0.15, -0.1) is 0 Å². The van der Waals surface area contributed by atoms with Crippen LogP contribution in [0.5, 0.6) is 0 Å². The normalized spacial score (nSPS) is 11.2. The SMILES string of the molecule is N=C(N)Nc1ncc(C(=O)Nc2cccc(C(=O)N[C@@H](CC(=O)O)c3ccccc3)c2)s1. The van der Waals surface area contributed by atoms with Crippen LogP contribution in [0.2, 0.25) is 0 Å². The van der Waals surface area contributed by atoms with E-state index in [9.17, 15) is 19.5 Å². The fourth-order valence-corrected chi connectivity index (χ4v) is 3.56. The molecule has 7 N–H and O–H groups in total. The van der Waals surface area contributed by atoms with E-state index in [0.29, 0.717) is 16.4 Å². The van der Waals surface area contributed by atoms with Crippen molar-refractivity contribution >= 4 is 45.9 Å². The molecular formula is C21H20N6O4S. The van der Waals surface area contributed by atoms with Gasteiger partial charge >= 0.3 is 5.97 Å². The molecule has 1 atom stereocenters. The van der Waals surface area contributed by atoms with Gasteiger partial charge in [0.1, 0.15) is 4.88 Å². The van der Waals surface area contributed by atoms with Gasteiger partial charge in [-0.3, -0.25) is 19.8 Å². The summed E-state index contributed by atoms with van der Waals surface area (Å²) < 4.78 is 0. The van der Waals surface area contributed by atoms with Crippen LogP contribution < -0.4 is 21.7 Å². The highest BCUT2D eigenvalue weighted by Crippen LogP contribution is 2.21. The Morgan fingerprint density at radius 1 is 1.06 bits per heavy atom. The molecule has 0 fully saturated rings. The second-order valence-corrected chi connectivity index (χ2v) is 7.67. The van der Waals surface area contributed by atoms with Gasteiger partial charge in [0.25, 0.3) is 11.8 Å². The number of rotatable bonds is 8. The Bertz CT molecular complexity index is 1150. The molecule has 11 heteroatoms. The van der Waals surface area contributed by atoms with E-state index in [1.54, 1.807) is 48.5 Å². The third-order valence-electron chi connectivity index (χ3n) is 4.24. The van der Waals surface area contributed by atoms with Gasteiger partial charge in [0.2, 0.25) is 0 Å². The number of nitrogens with one attached hydrogen (secondary N) is 4. The van der Waals surface area contributed by atoms with Gasteiger partial charge in [0.05, 0.1) is 18.7 Å². The molecule has 164 valence electrons. The summed E-state index contributed by atoms with van der Waals surface area (Å²) in [5, 5.41) is 24.6. The van der Waals surface area contributed by atoms with Gasteiger partial charge < -0.3 is 26.8 Å². The lowest BCUT2D eigenvalue weighted by Gasteiger charge is -2.18. The fraction of sp³-hybridized carbons (Fsp3) is 0.0952. The minimum Gasteiger partial charge on any atom is -0.481 e. The van der Waals surface area contributed by atoms with Crippen molar-refractivity contribution in [3.05, 3.63) is 76.8 Å². The molecule has 0 radical (unpaired) electrons. The maximum Gasteiger partial charge on any atom is 0.305 e. The molecule has 0 bridgehead atoms. The maximum absolute atomic E-state index is 12.8. The van der Waals surface area contributed by atoms with Crippen LogP contribution in [0.3, 0.4) is 0 Å². The van der Waals surface area contributed by atoms with Crippen LogP contribution in [0.4, 0.5) is 10.8 Å². The van der Waals surface area contributed by atoms with Crippen molar-refractivity contribution in [1.29, 1.82) is 5.41 Å². The van der Waals surface area contributed by atoms with Crippen LogP contribution in [0.1, 0.15) is 38.1 Å². The van der Waals surface area contributed by atoms with Crippen molar-refractivity contribution < 1.29 is 19.5 Å². The predicted molar refractivity (Wildman–Crippen MR) is 121 cm³/mol. The number of carbonyl (C=O) groups is 3. The number of anilines is 2. The quantitative estimate of drug-likeness (QED) is 0.225. The first-order chi connectivity index (χ1) is 15.3. The molecule has 0 saturated carbocycles. The molecular weight excluding hydrogens is 432 g/mol. The van der Waals surface area contributed by atoms with E-state index in [2.05, 4.69) is 20.9 Å². The first kappa shape index (κ1) is 22.4. The second kappa shape index (κ2) is 10.2. The zero-order chi connectivity index (χ0) is 23.1. The van der Waals surface area contributed by atoms with Crippen molar-refractivity contribution in [1.82, 2.24) is 10.3 Å². The zero-order valence-corrected chi connectivity index (χ0v) is 17.5. The van der Waals surface area contributed by atoms with Crippen LogP contribution in [0.15, 0.2) is 60.8 Å². The molecule has 1 aromatic heterocycles. The smallest absolute Gasteiger partial charge is 0.305 e. The molecule has 2 amide bonds. The van der Waals surface area contributed by atoms with Gasteiger partial charge in [0.15, 0.2) is 11.1 Å². The molecule has 0 aliphatic rings. The number of carboxylic acids is 1. The van der Waals surface area contributed by atoms with Crippen molar-refractivity contribution in [3.63, 3.8) is 0 Å². The molecule has 0 aliphatic heterocycles. The van der Waals surface area contributed by atoms with Crippen LogP contribution in [-0.4, -0.2) is 33.8 Å². The average molecular weight is 452 g/mol. The third-order valence-corrected chi connectivity index (χ3v) is 5.15. The number of guanidine groups is 1. The number of carbonyl (C=O) groups excluding carboxylic acids is 2. The summed E-state index contributed by atoms with van der Waals surface area (Å²) in [6.07, 6.45) is 1.08. The number of nitrogens with zero attached hydrogens (tertiary/aromatic N) is 1. The number of aliphatic carboxylic acids is 1. The Labute approximate surface area is 187 Å². The van der Waals surface area contributed by atoms with Gasteiger partial charge in [0, 0.05) is 11.3 Å². The largest absolute Gasteiger partial charge is 0.481 e. The number of aromatic nitrogens is 1. The van der Waals surface area contributed by atoms with Crippen molar-refractivity contribution in [3.8, 4) is 0 Å². The molecule has 0 unspecified atom stereocenters. The molecule has 3 rings (SSSR count). The summed E-state index contributed by atoms with van der Waals surface area (Å²) in [5.74, 6) is -2.24. The zero-order valence-electron chi connectivity index (χ0n) is 16.7. The Kier molecular flexibility index (Phi) is 7.13. The molecule has 0 aliphatic carbocycles. The van der Waals surface area contributed by atoms with Crippen molar-refractivity contribution in [2.24, 2.45) is 5.73 Å². The highest BCUT2D eigenvalue weighted by Gasteiger charge is 2.19. The van der Waals surface area contributed by atoms with E-state index in [1.165, 1.54) is 12.3 Å². The standard InChI is InChI=1S/C21H20N6O4S/c22-20(23)27-21-24-11-16(32-21)19(31)25-14-8-4-7-13(9-14)18(30)26-15(10-17(28)29)12-5-2-1-3-6-12/h1-9,11,15H,10H2,(H,25,31)(H,26,30)(H,28,29)(H4,22,23,24,27)/t15-/m0/s1. The van der Waals surface area contributed by atoms with E-state index in [0.717, 1.165) is 11.3 Å². The lowest BCUT2D eigenvalue weighted by molar-refractivity contribution is -0.137. The highest BCUT2D eigenvalue weighted by molar-refractivity contribution is 7.17. The van der Waals surface area contributed by atoms with Gasteiger partial charge in [-0.2, -0.15) is 0 Å². The van der Waals surface area contributed by atoms with E-state index in [1.807, 2.05) is 0 Å². The molecule has 3 aromatic rings. The summed E-state index contributed by atoms with van der Waals surface area (Å²) >= 11 is 1.02. The van der Waals surface area contributed by atoms with Crippen LogP contribution >= 0.6 is 11.3 Å². The van der Waals surface area contributed by atoms with Crippen LogP contribution in [-0.2, 0) is 4.79 Å². The number of hydrogen-bond acceptors (Lipinski definition) is 6. The topological polar surface area (TPSA) is 170 Å². The first-order valence-corrected chi connectivity index (χ1v) is 10.2. The van der Waals surface area contributed by atoms with Crippen LogP contribution in [0, 0.1) is 5.41 Å². The number of benzene rings is 2. The van der Waals surface area contributed by atoms with Gasteiger partial charge in [-0.05, 0) is 23.8 Å². The lowest BCUT2D eigenvalue weighted by Crippen LogP contribution is -2.30. The number of carboxylic acid groups (broad SMARTS) is 1. The molecule has 10 nitrogen and oxygen atoms in total. The fourth-order valence-electron chi connectivity index (χ4n) is 2.84. The number of amides is 2. The van der Waals surface area contributed by atoms with Gasteiger partial charge in [-0.1, -0.05) is 47.7 Å². The Hall–Kier alpha value is -4.25. The average Bonchev–Trinajstić information content (AvgIpc) is 3.21. The van der Waals surface area contributed by atoms with E-state index in [4.69, 9.17) is 11.1 Å². The first-order valence-electron chi connectivity index (χ1n) is 9.37.